The molecule has 0 N–H and O–H groups in total. The van der Waals surface area contributed by atoms with Crippen molar-refractivity contribution in [2.75, 3.05) is 6.26 Å². The minimum atomic E-state index is -0.668. The van der Waals surface area contributed by atoms with E-state index >= 15 is 0 Å². The summed E-state index contributed by atoms with van der Waals surface area (Å²) in [7, 11) is 0. The van der Waals surface area contributed by atoms with Gasteiger partial charge in [0.15, 0.2) is 0 Å². The first-order chi connectivity index (χ1) is 3.22. The SMILES string of the molecule is C[S+]([O-])C1CC1Cl. The number of hydrogen-bond acceptors (Lipinski definition) is 1. The van der Waals surface area contributed by atoms with Gasteiger partial charge in [0, 0.05) is 6.42 Å². The molecule has 0 amide bonds. The van der Waals surface area contributed by atoms with E-state index in [2.05, 4.69) is 0 Å². The maximum atomic E-state index is 10.4. The van der Waals surface area contributed by atoms with Crippen LogP contribution in [0.25, 0.3) is 0 Å². The minimum Gasteiger partial charge on any atom is -0.616 e. The molecular weight excluding hydrogens is 132 g/mol. The highest BCUT2D eigenvalue weighted by Crippen LogP contribution is 2.34. The summed E-state index contributed by atoms with van der Waals surface area (Å²) in [4.78, 5) is 0. The van der Waals surface area contributed by atoms with E-state index in [0.717, 1.165) is 6.42 Å². The molecule has 3 heteroatoms. The first-order valence-corrected chi connectivity index (χ1v) is 4.24. The van der Waals surface area contributed by atoms with Crippen LogP contribution in [0, 0.1) is 0 Å². The van der Waals surface area contributed by atoms with Gasteiger partial charge < -0.3 is 4.55 Å². The van der Waals surface area contributed by atoms with Crippen molar-refractivity contribution in [3.8, 4) is 0 Å². The maximum Gasteiger partial charge on any atom is 0.133 e. The Labute approximate surface area is 51.2 Å². The number of hydrogen-bond donors (Lipinski definition) is 0. The molecule has 0 radical (unpaired) electrons. The lowest BCUT2D eigenvalue weighted by molar-refractivity contribution is 0.599. The predicted octanol–water partition coefficient (Wildman–Crippen LogP) is 0.745. The smallest absolute Gasteiger partial charge is 0.133 e. The van der Waals surface area contributed by atoms with Gasteiger partial charge in [-0.25, -0.2) is 0 Å². The van der Waals surface area contributed by atoms with Gasteiger partial charge >= 0.3 is 0 Å². The van der Waals surface area contributed by atoms with Crippen LogP contribution in [0.3, 0.4) is 0 Å². The summed E-state index contributed by atoms with van der Waals surface area (Å²) in [5.74, 6) is 0. The number of rotatable bonds is 1. The molecule has 3 unspecified atom stereocenters. The van der Waals surface area contributed by atoms with Gasteiger partial charge in [0.2, 0.25) is 0 Å². The van der Waals surface area contributed by atoms with E-state index in [1.165, 1.54) is 0 Å². The van der Waals surface area contributed by atoms with Crippen LogP contribution in [0.5, 0.6) is 0 Å². The van der Waals surface area contributed by atoms with Crippen molar-refractivity contribution in [3.05, 3.63) is 0 Å². The number of alkyl halides is 1. The van der Waals surface area contributed by atoms with E-state index in [9.17, 15) is 4.55 Å². The van der Waals surface area contributed by atoms with Gasteiger partial charge in [-0.15, -0.1) is 11.6 Å². The van der Waals surface area contributed by atoms with E-state index in [4.69, 9.17) is 11.6 Å². The second-order valence-corrected chi connectivity index (χ2v) is 3.95. The largest absolute Gasteiger partial charge is 0.616 e. The molecule has 0 bridgehead atoms. The number of halogens is 1. The molecule has 1 saturated carbocycles. The van der Waals surface area contributed by atoms with Crippen molar-refractivity contribution in [1.82, 2.24) is 0 Å². The first kappa shape index (κ1) is 5.73. The zero-order valence-corrected chi connectivity index (χ0v) is 5.63. The second-order valence-electron chi connectivity index (χ2n) is 1.79. The topological polar surface area (TPSA) is 23.1 Å². The highest BCUT2D eigenvalue weighted by molar-refractivity contribution is 7.91. The molecule has 0 heterocycles. The summed E-state index contributed by atoms with van der Waals surface area (Å²) in [6.45, 7) is 0. The molecule has 1 rings (SSSR count). The Hall–Kier alpha value is 0.600. The van der Waals surface area contributed by atoms with E-state index in [1.54, 1.807) is 6.26 Å². The molecule has 7 heavy (non-hydrogen) atoms. The van der Waals surface area contributed by atoms with Gasteiger partial charge in [-0.05, 0) is 0 Å². The third-order valence-electron chi connectivity index (χ3n) is 1.08. The molecule has 0 spiro atoms. The summed E-state index contributed by atoms with van der Waals surface area (Å²) in [6.07, 6.45) is 2.65. The molecule has 0 aromatic carbocycles. The maximum absolute atomic E-state index is 10.4. The van der Waals surface area contributed by atoms with Gasteiger partial charge in [-0.2, -0.15) is 0 Å². The Morgan fingerprint density at radius 1 is 1.86 bits per heavy atom. The van der Waals surface area contributed by atoms with E-state index in [-0.39, 0.29) is 5.38 Å². The second kappa shape index (κ2) is 1.84. The minimum absolute atomic E-state index is 0.214. The van der Waals surface area contributed by atoms with E-state index < -0.39 is 11.2 Å². The zero-order valence-electron chi connectivity index (χ0n) is 4.06. The molecule has 42 valence electrons. The third kappa shape index (κ3) is 1.24. The van der Waals surface area contributed by atoms with E-state index in [1.807, 2.05) is 0 Å². The quantitative estimate of drug-likeness (QED) is 0.387. The molecule has 1 aliphatic rings. The molecule has 1 fully saturated rings. The lowest BCUT2D eigenvalue weighted by Gasteiger charge is -1.99. The fourth-order valence-electron chi connectivity index (χ4n) is 0.487. The predicted molar refractivity (Wildman–Crippen MR) is 32.1 cm³/mol. The standard InChI is InChI=1S/C4H7ClOS/c1-7(6)4-2-3(4)5/h3-4H,2H2,1H3. The van der Waals surface area contributed by atoms with Crippen LogP contribution in [-0.2, 0) is 11.2 Å². The van der Waals surface area contributed by atoms with Crippen LogP contribution in [-0.4, -0.2) is 21.4 Å². The van der Waals surface area contributed by atoms with Gasteiger partial charge in [0.05, 0.1) is 11.6 Å². The Kier molecular flexibility index (Phi) is 1.51. The van der Waals surface area contributed by atoms with Gasteiger partial charge in [-0.3, -0.25) is 0 Å². The van der Waals surface area contributed by atoms with Crippen LogP contribution < -0.4 is 0 Å². The molecule has 1 nitrogen and oxygen atoms in total. The van der Waals surface area contributed by atoms with Crippen molar-refractivity contribution in [2.24, 2.45) is 0 Å². The summed E-state index contributed by atoms with van der Waals surface area (Å²) < 4.78 is 10.4. The summed E-state index contributed by atoms with van der Waals surface area (Å²) >= 11 is 4.89. The zero-order chi connectivity index (χ0) is 5.44. The highest BCUT2D eigenvalue weighted by Gasteiger charge is 2.43. The lowest BCUT2D eigenvalue weighted by Crippen LogP contribution is -2.04. The summed E-state index contributed by atoms with van der Waals surface area (Å²) in [5.41, 5.74) is 0. The fraction of sp³-hybridized carbons (Fsp3) is 1.00. The average Bonchev–Trinajstić information content (AvgIpc) is 2.17. The molecule has 0 aliphatic heterocycles. The monoisotopic (exact) mass is 138 g/mol. The molecule has 0 aromatic rings. The molecule has 0 aromatic heterocycles. The van der Waals surface area contributed by atoms with Crippen LogP contribution >= 0.6 is 11.6 Å². The molecular formula is C4H7ClOS. The lowest BCUT2D eigenvalue weighted by atomic mass is 11.0. The third-order valence-corrected chi connectivity index (χ3v) is 3.09. The average molecular weight is 139 g/mol. The molecule has 0 saturated heterocycles. The Bertz CT molecular complexity index is 76.1. The Balaban J connectivity index is 2.20. The highest BCUT2D eigenvalue weighted by atomic mass is 35.5. The van der Waals surface area contributed by atoms with E-state index in [0.29, 0.717) is 5.25 Å². The molecule has 3 atom stereocenters. The summed E-state index contributed by atoms with van der Waals surface area (Å²) in [6, 6.07) is 0. The first-order valence-electron chi connectivity index (χ1n) is 2.18. The van der Waals surface area contributed by atoms with Crippen molar-refractivity contribution in [1.29, 1.82) is 0 Å². The van der Waals surface area contributed by atoms with Gasteiger partial charge in [0.1, 0.15) is 5.25 Å². The molecule has 1 aliphatic carbocycles. The Morgan fingerprint density at radius 2 is 2.29 bits per heavy atom. The van der Waals surface area contributed by atoms with Gasteiger partial charge in [0.25, 0.3) is 0 Å². The van der Waals surface area contributed by atoms with Crippen LogP contribution in [0.2, 0.25) is 0 Å². The van der Waals surface area contributed by atoms with Gasteiger partial charge in [-0.1, -0.05) is 11.2 Å². The fourth-order valence-corrected chi connectivity index (χ4v) is 2.11. The van der Waals surface area contributed by atoms with Crippen molar-refractivity contribution in [2.45, 2.75) is 17.0 Å². The summed E-state index contributed by atoms with van der Waals surface area (Å²) in [5, 5.41) is 0.521. The van der Waals surface area contributed by atoms with Crippen LogP contribution in [0.15, 0.2) is 0 Å². The van der Waals surface area contributed by atoms with Crippen LogP contribution in [0.1, 0.15) is 6.42 Å². The normalized spacial score (nSPS) is 43.3. The van der Waals surface area contributed by atoms with Crippen molar-refractivity contribution in [3.63, 3.8) is 0 Å². The Morgan fingerprint density at radius 3 is 2.29 bits per heavy atom. The van der Waals surface area contributed by atoms with Crippen LogP contribution in [0.4, 0.5) is 0 Å². The van der Waals surface area contributed by atoms with Crippen molar-refractivity contribution >= 4 is 22.8 Å². The van der Waals surface area contributed by atoms with Crippen molar-refractivity contribution < 1.29 is 4.55 Å².